The zero-order valence-corrected chi connectivity index (χ0v) is 18.3. The lowest BCUT2D eigenvalue weighted by molar-refractivity contribution is 0.269. The van der Waals surface area contributed by atoms with E-state index in [-0.39, 0.29) is 0 Å². The van der Waals surface area contributed by atoms with Crippen LogP contribution >= 0.6 is 0 Å². The molecule has 0 unspecified atom stereocenters. The average molecular weight is 327 g/mol. The molecular weight excluding hydrogens is 287 g/mol. The highest BCUT2D eigenvalue weighted by Gasteiger charge is 2.44. The maximum absolute atomic E-state index is 6.61. The van der Waals surface area contributed by atoms with Crippen LogP contribution in [0.4, 0.5) is 0 Å². The Morgan fingerprint density at radius 2 is 1.43 bits per heavy atom. The van der Waals surface area contributed by atoms with Gasteiger partial charge in [-0.15, -0.1) is 16.5 Å². The van der Waals surface area contributed by atoms with Crippen molar-refractivity contribution in [2.24, 2.45) is 0 Å². The minimum absolute atomic E-state index is 0.542. The van der Waals surface area contributed by atoms with Crippen LogP contribution < -0.4 is 0 Å². The normalized spacial score (nSPS) is 13.6. The fourth-order valence-electron chi connectivity index (χ4n) is 3.91. The summed E-state index contributed by atoms with van der Waals surface area (Å²) in [5.74, 6) is 4.78. The van der Waals surface area contributed by atoms with E-state index in [0.29, 0.717) is 16.6 Å². The van der Waals surface area contributed by atoms with Gasteiger partial charge in [0.2, 0.25) is 0 Å². The minimum Gasteiger partial charge on any atom is -0.416 e. The van der Waals surface area contributed by atoms with E-state index in [1.54, 1.807) is 5.57 Å². The molecule has 0 amide bonds. The van der Waals surface area contributed by atoms with Gasteiger partial charge in [-0.1, -0.05) is 47.1 Å². The molecule has 0 aromatic rings. The van der Waals surface area contributed by atoms with Crippen molar-refractivity contribution in [3.05, 3.63) is 10.5 Å². The number of hydrogen-bond acceptors (Lipinski definition) is 1. The van der Waals surface area contributed by atoms with Gasteiger partial charge in [-0.3, -0.25) is 0 Å². The molecule has 0 aliphatic heterocycles. The Kier molecular flexibility index (Phi) is 10.5. The van der Waals surface area contributed by atoms with Gasteiger partial charge in [0, 0.05) is 6.61 Å². The summed E-state index contributed by atoms with van der Waals surface area (Å²) in [5.41, 5.74) is 3.69. The van der Waals surface area contributed by atoms with Gasteiger partial charge in [0.25, 0.3) is 14.1 Å². The summed E-state index contributed by atoms with van der Waals surface area (Å²) in [6.07, 6.45) is 3.75. The lowest BCUT2D eigenvalue weighted by Crippen LogP contribution is -2.47. The molecule has 0 N–H and O–H groups in total. The Morgan fingerprint density at radius 3 is 1.81 bits per heavy atom. The first kappa shape index (κ1) is 21.4. The third-order valence-corrected chi connectivity index (χ3v) is 12.0. The van der Waals surface area contributed by atoms with Crippen molar-refractivity contribution in [1.29, 1.82) is 0 Å². The summed E-state index contributed by atoms with van der Waals surface area (Å²) in [4.78, 5) is 2.52. The molecule has 0 aliphatic carbocycles. The Morgan fingerprint density at radius 1 is 0.952 bits per heavy atom. The van der Waals surface area contributed by atoms with Crippen LogP contribution in [-0.2, 0) is 4.43 Å². The SMILES string of the molecule is C/C(=[CH]\[Al]([CH3])[CH3])CCCCO[Si](C(C)C)(C(C)C)C(C)C. The van der Waals surface area contributed by atoms with Crippen molar-refractivity contribution in [3.8, 4) is 0 Å². The summed E-state index contributed by atoms with van der Waals surface area (Å²) in [6.45, 7) is 17.5. The van der Waals surface area contributed by atoms with Crippen molar-refractivity contribution in [3.63, 3.8) is 0 Å². The molecule has 0 aromatic carbocycles. The Bertz CT molecular complexity index is 287. The van der Waals surface area contributed by atoms with Crippen molar-refractivity contribution in [2.75, 3.05) is 6.61 Å². The van der Waals surface area contributed by atoms with Crippen LogP contribution in [0.15, 0.2) is 10.5 Å². The lowest BCUT2D eigenvalue weighted by atomic mass is 10.1. The molecule has 0 saturated heterocycles. The quantitative estimate of drug-likeness (QED) is 0.325. The van der Waals surface area contributed by atoms with E-state index in [9.17, 15) is 0 Å². The molecule has 21 heavy (non-hydrogen) atoms. The van der Waals surface area contributed by atoms with E-state index in [1.165, 1.54) is 19.3 Å². The van der Waals surface area contributed by atoms with E-state index in [4.69, 9.17) is 4.43 Å². The number of unbranched alkanes of at least 4 members (excludes halogenated alkanes) is 1. The number of rotatable bonds is 10. The molecular formula is C18H39AlOSi. The molecule has 3 heteroatoms. The van der Waals surface area contributed by atoms with Gasteiger partial charge in [0.15, 0.2) is 8.32 Å². The second kappa shape index (κ2) is 10.3. The first-order chi connectivity index (χ1) is 9.64. The molecule has 0 atom stereocenters. The molecule has 0 spiro atoms. The monoisotopic (exact) mass is 326 g/mol. The van der Waals surface area contributed by atoms with Gasteiger partial charge >= 0.3 is 0 Å². The maximum atomic E-state index is 6.61. The topological polar surface area (TPSA) is 9.23 Å². The van der Waals surface area contributed by atoms with Crippen molar-refractivity contribution >= 4 is 22.5 Å². The third kappa shape index (κ3) is 7.04. The Hall–Kier alpha value is 0.449. The zero-order valence-electron chi connectivity index (χ0n) is 16.1. The molecule has 0 saturated carbocycles. The smallest absolute Gasteiger partial charge is 0.288 e. The van der Waals surface area contributed by atoms with Crippen LogP contribution in [0.1, 0.15) is 67.7 Å². The molecule has 0 aromatic heterocycles. The molecule has 124 valence electrons. The van der Waals surface area contributed by atoms with E-state index in [1.807, 2.05) is 0 Å². The van der Waals surface area contributed by atoms with Gasteiger partial charge in [-0.25, -0.2) is 0 Å². The predicted molar refractivity (Wildman–Crippen MR) is 102 cm³/mol. The summed E-state index contributed by atoms with van der Waals surface area (Å²) in [7, 11) is -1.64. The van der Waals surface area contributed by atoms with E-state index >= 15 is 0 Å². The van der Waals surface area contributed by atoms with Crippen LogP contribution in [0.2, 0.25) is 28.2 Å². The van der Waals surface area contributed by atoms with Crippen LogP contribution in [0.3, 0.4) is 0 Å². The molecule has 0 aliphatic rings. The molecule has 0 heterocycles. The van der Waals surface area contributed by atoms with E-state index < -0.39 is 22.5 Å². The number of allylic oxidation sites excluding steroid dienone is 1. The van der Waals surface area contributed by atoms with E-state index in [0.717, 1.165) is 6.61 Å². The molecule has 0 bridgehead atoms. The molecule has 1 nitrogen and oxygen atoms in total. The van der Waals surface area contributed by atoms with Gasteiger partial charge in [0.05, 0.1) is 0 Å². The van der Waals surface area contributed by atoms with Crippen LogP contribution in [0.5, 0.6) is 0 Å². The van der Waals surface area contributed by atoms with Crippen LogP contribution in [-0.4, -0.2) is 29.1 Å². The highest BCUT2D eigenvalue weighted by molar-refractivity contribution is 6.77. The zero-order chi connectivity index (χ0) is 16.6. The highest BCUT2D eigenvalue weighted by atomic mass is 28.4. The lowest BCUT2D eigenvalue weighted by Gasteiger charge is -2.42. The second-order valence-electron chi connectivity index (χ2n) is 7.88. The van der Waals surface area contributed by atoms with Gasteiger partial charge in [0.1, 0.15) is 0 Å². The summed E-state index contributed by atoms with van der Waals surface area (Å²) < 4.78 is 6.61. The first-order valence-corrected chi connectivity index (χ1v) is 14.1. The first-order valence-electron chi connectivity index (χ1n) is 8.95. The van der Waals surface area contributed by atoms with Crippen molar-refractivity contribution < 1.29 is 4.43 Å². The van der Waals surface area contributed by atoms with E-state index in [2.05, 4.69) is 65.0 Å². The maximum Gasteiger partial charge on any atom is 0.288 e. The second-order valence-corrected chi connectivity index (χ2v) is 16.2. The Balaban J connectivity index is 4.35. The molecule has 0 radical (unpaired) electrons. The summed E-state index contributed by atoms with van der Waals surface area (Å²) >= 11 is -0.542. The third-order valence-electron chi connectivity index (χ3n) is 4.64. The summed E-state index contributed by atoms with van der Waals surface area (Å²) in [5, 5.41) is 0. The summed E-state index contributed by atoms with van der Waals surface area (Å²) in [6, 6.07) is 0. The standard InChI is InChI=1S/C16H33OSi.2CH3.Al/c1-13(2)11-9-10-12-17-18(14(3)4,15(5)6)16(7)8;;;/h1,14-16H,9-12H2,2-8H3;2*1H3;. The van der Waals surface area contributed by atoms with Gasteiger partial charge in [-0.2, -0.15) is 0 Å². The molecule has 0 fully saturated rings. The highest BCUT2D eigenvalue weighted by Crippen LogP contribution is 2.42. The molecule has 0 rings (SSSR count). The van der Waals surface area contributed by atoms with Crippen LogP contribution in [0, 0.1) is 0 Å². The minimum atomic E-state index is -1.64. The van der Waals surface area contributed by atoms with Crippen LogP contribution in [0.25, 0.3) is 0 Å². The van der Waals surface area contributed by atoms with Crippen molar-refractivity contribution in [1.82, 2.24) is 0 Å². The average Bonchev–Trinajstić information content (AvgIpc) is 2.31. The fourth-order valence-corrected chi connectivity index (χ4v) is 10.7. The fraction of sp³-hybridized carbons (Fsp3) is 0.889. The van der Waals surface area contributed by atoms with Crippen molar-refractivity contribution in [2.45, 2.75) is 95.9 Å². The number of hydrogen-bond donors (Lipinski definition) is 0. The van der Waals surface area contributed by atoms with Gasteiger partial charge < -0.3 is 4.43 Å². The predicted octanol–water partition coefficient (Wildman–Crippen LogP) is 6.59. The van der Waals surface area contributed by atoms with Gasteiger partial charge in [-0.05, 0) is 42.8 Å². The largest absolute Gasteiger partial charge is 0.416 e. The Labute approximate surface area is 140 Å².